The van der Waals surface area contributed by atoms with Gasteiger partial charge >= 0.3 is 151 Å². The van der Waals surface area contributed by atoms with Gasteiger partial charge in [-0.2, -0.15) is 0 Å². The summed E-state index contributed by atoms with van der Waals surface area (Å²) in [6, 6.07) is 32.8. The van der Waals surface area contributed by atoms with Crippen molar-refractivity contribution in [1.82, 2.24) is 0 Å². The maximum absolute atomic E-state index is 10.2. The maximum Gasteiger partial charge on any atom is 1.00 e. The number of hydrogen-bond donors (Lipinski definition) is 0. The van der Waals surface area contributed by atoms with Crippen molar-refractivity contribution >= 4 is 50.3 Å². The molecule has 0 atom stereocenters. The van der Waals surface area contributed by atoms with Gasteiger partial charge in [-0.1, -0.05) is 150 Å². The predicted octanol–water partition coefficient (Wildman–Crippen LogP) is -31.6. The van der Waals surface area contributed by atoms with Crippen LogP contribution in [0.15, 0.2) is 121 Å². The summed E-state index contributed by atoms with van der Waals surface area (Å²) in [6.45, 7) is 0. The smallest absolute Gasteiger partial charge is 0.889 e. The van der Waals surface area contributed by atoms with Crippen LogP contribution in [0.3, 0.4) is 0 Å². The molecule has 0 radical (unpaired) electrons. The summed E-state index contributed by atoms with van der Waals surface area (Å²) in [5.41, 5.74) is 1.21. The molecule has 0 aromatic heterocycles. The van der Waals surface area contributed by atoms with Crippen molar-refractivity contribution in [3.8, 4) is 0 Å². The molecule has 0 unspecified atom stereocenters. The van der Waals surface area contributed by atoms with Crippen molar-refractivity contribution in [2.24, 2.45) is 0 Å². The number of rotatable bonds is 4. The molecule has 0 heterocycles. The molecule has 4 rings (SSSR count). The van der Waals surface area contributed by atoms with Gasteiger partial charge in [-0.25, -0.2) is 0 Å². The normalized spacial score (nSPS) is 7.45. The van der Waals surface area contributed by atoms with Crippen molar-refractivity contribution in [3.63, 3.8) is 0 Å². The van der Waals surface area contributed by atoms with Crippen LogP contribution in [0.2, 0.25) is 0 Å². The van der Waals surface area contributed by atoms with Gasteiger partial charge in [-0.05, 0) is 0 Å². The molecule has 0 N–H and O–H groups in total. The second-order valence-electron chi connectivity index (χ2n) is 6.97. The zero-order chi connectivity index (χ0) is 26.8. The number of hydrogen-bond acceptors (Lipinski definition) is 8. The van der Waals surface area contributed by atoms with Crippen LogP contribution < -0.4 is 213 Å². The molecule has 0 aliphatic heterocycles. The molecule has 20 heteroatoms. The molecule has 44 heavy (non-hydrogen) atoms. The Hall–Kier alpha value is 1.60. The van der Waals surface area contributed by atoms with Gasteiger partial charge < -0.3 is 40.2 Å². The van der Waals surface area contributed by atoms with E-state index in [2.05, 4.69) is 0 Å². The van der Waals surface area contributed by atoms with Crippen molar-refractivity contribution in [2.75, 3.05) is 0 Å². The van der Waals surface area contributed by atoms with E-state index in [0.717, 1.165) is 0 Å². The van der Waals surface area contributed by atoms with E-state index < -0.39 is 28.5 Å². The molecule has 4 aromatic carbocycles. The Morgan fingerprint density at radius 1 is 0.227 bits per heavy atom. The molecule has 184 valence electrons. The molecular weight excluding hydrogens is 515 g/mol. The summed E-state index contributed by atoms with van der Waals surface area (Å²) in [7, 11) is -7.37. The molecule has 0 aliphatic carbocycles. The van der Waals surface area contributed by atoms with Crippen LogP contribution in [0.25, 0.3) is 0 Å². The predicted molar refractivity (Wildman–Crippen MR) is 127 cm³/mol. The maximum atomic E-state index is 10.2. The molecule has 0 amide bonds. The topological polar surface area (TPSA) is 184 Å². The van der Waals surface area contributed by atoms with E-state index in [4.69, 9.17) is 0 Å². The minimum absolute atomic E-state index is 0. The van der Waals surface area contributed by atoms with E-state index in [1.165, 1.54) is 48.5 Å². The minimum Gasteiger partial charge on any atom is -0.889 e. The van der Waals surface area contributed by atoms with Crippen LogP contribution in [-0.2, 0) is 0 Å². The third-order valence-electron chi connectivity index (χ3n) is 4.29. The van der Waals surface area contributed by atoms with E-state index in [-0.39, 0.29) is 151 Å². The Labute approximate surface area is 358 Å². The first-order valence-electron chi connectivity index (χ1n) is 10.7. The Morgan fingerprint density at radius 3 is 0.409 bits per heavy atom. The summed E-state index contributed by atoms with van der Waals surface area (Å²) in [5.74, 6) is 0. The summed E-state index contributed by atoms with van der Waals surface area (Å²) in [4.78, 5) is 0. The molecule has 0 spiro atoms. The second-order valence-corrected chi connectivity index (χ2v) is 6.97. The molecule has 0 saturated carbocycles. The summed E-state index contributed by atoms with van der Waals surface area (Å²) in [6.07, 6.45) is 0. The quantitative estimate of drug-likeness (QED) is 0.231. The van der Waals surface area contributed by atoms with Gasteiger partial charge in [0.2, 0.25) is 0 Å². The molecule has 0 fully saturated rings. The largest absolute Gasteiger partial charge is 1.00 e. The Balaban J connectivity index is -0.0000000617. The fraction of sp³-hybridized carbons (Fsp3) is 0. The fourth-order valence-electron chi connectivity index (χ4n) is 2.44. The summed E-state index contributed by atoms with van der Waals surface area (Å²) in [5, 5.41) is 81.4. The van der Waals surface area contributed by atoms with E-state index in [1.807, 2.05) is 0 Å². The molecule has 0 bridgehead atoms. The van der Waals surface area contributed by atoms with E-state index in [1.54, 1.807) is 72.8 Å². The Kier molecular flexibility index (Phi) is 59.5. The van der Waals surface area contributed by atoms with Crippen LogP contribution in [-0.4, -0.2) is 28.5 Å². The molecule has 8 nitrogen and oxygen atoms in total. The molecule has 0 aliphatic rings. The third-order valence-corrected chi connectivity index (χ3v) is 4.29. The zero-order valence-electron chi connectivity index (χ0n) is 27.1. The first kappa shape index (κ1) is 64.2. The zero-order valence-corrected chi connectivity index (χ0v) is 27.1. The van der Waals surface area contributed by atoms with Gasteiger partial charge in [0.15, 0.2) is 0 Å². The van der Waals surface area contributed by atoms with Crippen molar-refractivity contribution in [3.05, 3.63) is 121 Å². The van der Waals surface area contributed by atoms with Crippen molar-refractivity contribution in [2.45, 2.75) is 0 Å². The number of benzene rings is 4. The monoisotopic (exact) mass is 536 g/mol. The molecular formula is C24H20B4Li8O8. The fourth-order valence-corrected chi connectivity index (χ4v) is 2.44. The van der Waals surface area contributed by atoms with Crippen LogP contribution >= 0.6 is 0 Å². The second kappa shape index (κ2) is 40.8. The van der Waals surface area contributed by atoms with Crippen LogP contribution in [0.4, 0.5) is 0 Å². The van der Waals surface area contributed by atoms with Crippen molar-refractivity contribution in [1.29, 1.82) is 0 Å². The van der Waals surface area contributed by atoms with Crippen LogP contribution in [0.5, 0.6) is 0 Å². The van der Waals surface area contributed by atoms with Gasteiger partial charge in [0.05, 0.1) is 0 Å². The van der Waals surface area contributed by atoms with Crippen LogP contribution in [0.1, 0.15) is 0 Å². The van der Waals surface area contributed by atoms with Crippen molar-refractivity contribution < 1.29 is 191 Å². The van der Waals surface area contributed by atoms with Gasteiger partial charge in [0, 0.05) is 0 Å². The minimum atomic E-state index is -1.84. The average Bonchev–Trinajstić information content (AvgIpc) is 2.92. The summed E-state index contributed by atoms with van der Waals surface area (Å²) < 4.78 is 0. The van der Waals surface area contributed by atoms with Gasteiger partial charge in [0.25, 0.3) is 0 Å². The first-order valence-corrected chi connectivity index (χ1v) is 10.7. The van der Waals surface area contributed by atoms with E-state index >= 15 is 0 Å². The standard InChI is InChI=1S/4C6H5BO2.8Li/c4*8-7(9)6-4-2-1-3-5-6;;;;;;;;/h4*1-5H;;;;;;;;/q4*-2;8*+1. The molecule has 0 saturated heterocycles. The Bertz CT molecular complexity index is 899. The SMILES string of the molecule is [Li+].[Li+].[Li+].[Li+].[Li+].[Li+].[Li+].[Li+].[O-]B([O-])c1ccccc1.[O-]B([O-])c1ccccc1.[O-]B([O-])c1ccccc1.[O-]B([O-])c1ccccc1. The van der Waals surface area contributed by atoms with E-state index in [9.17, 15) is 40.2 Å². The average molecular weight is 535 g/mol. The van der Waals surface area contributed by atoms with Gasteiger partial charge in [0.1, 0.15) is 0 Å². The van der Waals surface area contributed by atoms with Gasteiger partial charge in [-0.3, -0.25) is 0 Å². The first-order chi connectivity index (χ1) is 17.2. The molecule has 4 aromatic rings. The van der Waals surface area contributed by atoms with Crippen LogP contribution in [0, 0.1) is 0 Å². The Morgan fingerprint density at radius 2 is 0.341 bits per heavy atom. The van der Waals surface area contributed by atoms with Gasteiger partial charge in [-0.15, -0.1) is 21.9 Å². The summed E-state index contributed by atoms with van der Waals surface area (Å²) >= 11 is 0. The third kappa shape index (κ3) is 32.2. The van der Waals surface area contributed by atoms with E-state index in [0.29, 0.717) is 21.9 Å².